The molecule has 8 heteroatoms. The fourth-order valence-electron chi connectivity index (χ4n) is 3.08. The molecule has 0 atom stereocenters. The number of esters is 1. The molecule has 1 aromatic carbocycles. The smallest absolute Gasteiger partial charge is 0.306 e. The van der Waals surface area contributed by atoms with Gasteiger partial charge in [-0.3, -0.25) is 14.5 Å². The number of aromatic nitrogens is 1. The predicted octanol–water partition coefficient (Wildman–Crippen LogP) is 2.94. The predicted molar refractivity (Wildman–Crippen MR) is 105 cm³/mol. The molecule has 0 spiro atoms. The number of halogens is 1. The van der Waals surface area contributed by atoms with Gasteiger partial charge in [0.2, 0.25) is 5.91 Å². The molecule has 28 heavy (non-hydrogen) atoms. The van der Waals surface area contributed by atoms with Crippen molar-refractivity contribution in [2.45, 2.75) is 26.3 Å². The van der Waals surface area contributed by atoms with Crippen molar-refractivity contribution in [2.75, 3.05) is 32.8 Å². The summed E-state index contributed by atoms with van der Waals surface area (Å²) in [6.07, 6.45) is 0.338. The third-order valence-electron chi connectivity index (χ3n) is 4.62. The highest BCUT2D eigenvalue weighted by Gasteiger charge is 2.22. The Bertz CT molecular complexity index is 801. The molecule has 1 fully saturated rings. The molecule has 1 aliphatic heterocycles. The van der Waals surface area contributed by atoms with E-state index in [1.54, 1.807) is 30.4 Å². The van der Waals surface area contributed by atoms with E-state index in [-0.39, 0.29) is 30.5 Å². The van der Waals surface area contributed by atoms with Gasteiger partial charge in [-0.05, 0) is 31.2 Å². The highest BCUT2D eigenvalue weighted by Crippen LogP contribution is 2.23. The van der Waals surface area contributed by atoms with Crippen LogP contribution < -0.4 is 0 Å². The molecule has 1 saturated heterocycles. The third-order valence-corrected chi connectivity index (χ3v) is 5.46. The number of benzene rings is 1. The lowest BCUT2D eigenvalue weighted by atomic mass is 10.2. The maximum absolute atomic E-state index is 13.1. The summed E-state index contributed by atoms with van der Waals surface area (Å²) in [4.78, 5) is 32.3. The van der Waals surface area contributed by atoms with E-state index in [9.17, 15) is 14.0 Å². The lowest BCUT2D eigenvalue weighted by molar-refractivity contribution is -0.146. The molecule has 2 aromatic rings. The number of hydrogen-bond donors (Lipinski definition) is 0. The van der Waals surface area contributed by atoms with Crippen molar-refractivity contribution < 1.29 is 18.7 Å². The molecule has 1 aliphatic rings. The lowest BCUT2D eigenvalue weighted by Crippen LogP contribution is -2.48. The van der Waals surface area contributed by atoms with Gasteiger partial charge in [0.05, 0.1) is 25.3 Å². The van der Waals surface area contributed by atoms with Crippen molar-refractivity contribution in [3.63, 3.8) is 0 Å². The minimum Gasteiger partial charge on any atom is -0.466 e. The van der Waals surface area contributed by atoms with Gasteiger partial charge >= 0.3 is 5.97 Å². The van der Waals surface area contributed by atoms with Crippen LogP contribution in [0.4, 0.5) is 4.39 Å². The number of amides is 1. The molecular formula is C20H24FN3O3S. The largest absolute Gasteiger partial charge is 0.466 e. The zero-order valence-electron chi connectivity index (χ0n) is 15.9. The van der Waals surface area contributed by atoms with Crippen LogP contribution in [0.15, 0.2) is 29.6 Å². The molecule has 0 radical (unpaired) electrons. The quantitative estimate of drug-likeness (QED) is 0.663. The molecule has 0 aliphatic carbocycles. The summed E-state index contributed by atoms with van der Waals surface area (Å²) < 4.78 is 17.9. The van der Waals surface area contributed by atoms with Crippen molar-refractivity contribution in [3.05, 3.63) is 40.5 Å². The van der Waals surface area contributed by atoms with Gasteiger partial charge in [-0.2, -0.15) is 0 Å². The molecule has 0 unspecified atom stereocenters. The van der Waals surface area contributed by atoms with E-state index in [2.05, 4.69) is 9.88 Å². The first-order valence-corrected chi connectivity index (χ1v) is 10.3. The Morgan fingerprint density at radius 2 is 1.86 bits per heavy atom. The second-order valence-corrected chi connectivity index (χ2v) is 7.54. The highest BCUT2D eigenvalue weighted by atomic mass is 32.1. The van der Waals surface area contributed by atoms with Gasteiger partial charge < -0.3 is 9.64 Å². The number of piperazine rings is 1. The van der Waals surface area contributed by atoms with Crippen LogP contribution in [0.5, 0.6) is 0 Å². The summed E-state index contributed by atoms with van der Waals surface area (Å²) in [7, 11) is 0. The van der Waals surface area contributed by atoms with Gasteiger partial charge in [0.25, 0.3) is 0 Å². The number of thiazole rings is 1. The third kappa shape index (κ3) is 5.59. The van der Waals surface area contributed by atoms with Crippen LogP contribution in [-0.4, -0.2) is 59.4 Å². The summed E-state index contributed by atoms with van der Waals surface area (Å²) >= 11 is 1.59. The van der Waals surface area contributed by atoms with Gasteiger partial charge in [0, 0.05) is 43.5 Å². The second-order valence-electron chi connectivity index (χ2n) is 6.60. The Kier molecular flexibility index (Phi) is 7.11. The first-order chi connectivity index (χ1) is 13.5. The minimum atomic E-state index is -0.324. The molecular weight excluding hydrogens is 381 g/mol. The van der Waals surface area contributed by atoms with E-state index in [4.69, 9.17) is 4.74 Å². The highest BCUT2D eigenvalue weighted by molar-refractivity contribution is 7.09. The number of hydrogen-bond acceptors (Lipinski definition) is 6. The SMILES string of the molecule is CCOC(=O)CCC(=O)N1CCN(Cc2nc(-c3ccc(F)cc3)cs2)CC1. The van der Waals surface area contributed by atoms with Crippen LogP contribution in [0.1, 0.15) is 24.8 Å². The van der Waals surface area contributed by atoms with E-state index in [1.807, 2.05) is 10.3 Å². The van der Waals surface area contributed by atoms with E-state index in [0.717, 1.165) is 35.9 Å². The summed E-state index contributed by atoms with van der Waals surface area (Å²) in [5.74, 6) is -0.579. The Morgan fingerprint density at radius 3 is 2.54 bits per heavy atom. The van der Waals surface area contributed by atoms with Crippen molar-refractivity contribution in [1.29, 1.82) is 0 Å². The minimum absolute atomic E-state index is 0.000507. The summed E-state index contributed by atoms with van der Waals surface area (Å²) in [6.45, 7) is 5.68. The van der Waals surface area contributed by atoms with Crippen LogP contribution >= 0.6 is 11.3 Å². The molecule has 2 heterocycles. The molecule has 150 valence electrons. The average molecular weight is 405 g/mol. The van der Waals surface area contributed by atoms with Crippen LogP contribution in [0.25, 0.3) is 11.3 Å². The number of nitrogens with zero attached hydrogens (tertiary/aromatic N) is 3. The normalized spacial score (nSPS) is 14.9. The van der Waals surface area contributed by atoms with Gasteiger partial charge in [-0.25, -0.2) is 9.37 Å². The molecule has 0 bridgehead atoms. The fraction of sp³-hybridized carbons (Fsp3) is 0.450. The van der Waals surface area contributed by atoms with Gasteiger partial charge in [-0.1, -0.05) is 0 Å². The summed E-state index contributed by atoms with van der Waals surface area (Å²) in [5, 5.41) is 2.99. The molecule has 3 rings (SSSR count). The van der Waals surface area contributed by atoms with E-state index >= 15 is 0 Å². The molecule has 0 saturated carbocycles. The molecule has 1 amide bonds. The maximum atomic E-state index is 13.1. The van der Waals surface area contributed by atoms with Crippen LogP contribution in [-0.2, 0) is 20.9 Å². The van der Waals surface area contributed by atoms with E-state index in [1.165, 1.54) is 12.1 Å². The van der Waals surface area contributed by atoms with Gasteiger partial charge in [0.15, 0.2) is 0 Å². The van der Waals surface area contributed by atoms with Gasteiger partial charge in [-0.15, -0.1) is 11.3 Å². The standard InChI is InChI=1S/C20H24FN3O3S/c1-2-27-20(26)8-7-19(25)24-11-9-23(10-12-24)13-18-22-17(14-28-18)15-3-5-16(21)6-4-15/h3-6,14H,2,7-13H2,1H3. The number of carbonyl (C=O) groups excluding carboxylic acids is 2. The zero-order valence-corrected chi connectivity index (χ0v) is 16.7. The monoisotopic (exact) mass is 405 g/mol. The van der Waals surface area contributed by atoms with Crippen molar-refractivity contribution in [2.24, 2.45) is 0 Å². The lowest BCUT2D eigenvalue weighted by Gasteiger charge is -2.34. The topological polar surface area (TPSA) is 62.7 Å². The molecule has 1 aromatic heterocycles. The number of ether oxygens (including phenoxy) is 1. The van der Waals surface area contributed by atoms with E-state index in [0.29, 0.717) is 19.7 Å². The Hall–Kier alpha value is -2.32. The first kappa shape index (κ1) is 20.4. The zero-order chi connectivity index (χ0) is 19.9. The maximum Gasteiger partial charge on any atom is 0.306 e. The number of carbonyl (C=O) groups is 2. The molecule has 6 nitrogen and oxygen atoms in total. The first-order valence-electron chi connectivity index (χ1n) is 9.41. The fourth-order valence-corrected chi connectivity index (χ4v) is 3.93. The van der Waals surface area contributed by atoms with Crippen LogP contribution in [0.2, 0.25) is 0 Å². The Labute approximate surface area is 167 Å². The molecule has 0 N–H and O–H groups in total. The van der Waals surface area contributed by atoms with Crippen LogP contribution in [0.3, 0.4) is 0 Å². The van der Waals surface area contributed by atoms with Crippen molar-refractivity contribution in [3.8, 4) is 11.3 Å². The van der Waals surface area contributed by atoms with Crippen molar-refractivity contribution >= 4 is 23.2 Å². The van der Waals surface area contributed by atoms with E-state index < -0.39 is 0 Å². The van der Waals surface area contributed by atoms with Crippen molar-refractivity contribution in [1.82, 2.24) is 14.8 Å². The summed E-state index contributed by atoms with van der Waals surface area (Å²) in [5.41, 5.74) is 1.76. The van der Waals surface area contributed by atoms with Crippen LogP contribution in [0, 0.1) is 5.82 Å². The average Bonchev–Trinajstić information content (AvgIpc) is 3.16. The number of rotatable bonds is 7. The second kappa shape index (κ2) is 9.75. The Morgan fingerprint density at radius 1 is 1.14 bits per heavy atom. The Balaban J connectivity index is 1.45. The summed E-state index contributed by atoms with van der Waals surface area (Å²) in [6, 6.07) is 6.34. The van der Waals surface area contributed by atoms with Gasteiger partial charge in [0.1, 0.15) is 10.8 Å².